The lowest BCUT2D eigenvalue weighted by Gasteiger charge is -2.27. The van der Waals surface area contributed by atoms with E-state index in [1.807, 2.05) is 0 Å². The second-order valence-electron chi connectivity index (χ2n) is 6.94. The number of aromatic nitrogens is 3. The van der Waals surface area contributed by atoms with E-state index in [1.165, 1.54) is 19.3 Å². The number of fused-ring (bicyclic) bond motifs is 1. The van der Waals surface area contributed by atoms with Crippen molar-refractivity contribution in [3.8, 4) is 5.82 Å². The Morgan fingerprint density at radius 1 is 1.00 bits per heavy atom. The number of piperidine rings is 1. The highest BCUT2D eigenvalue weighted by Crippen LogP contribution is 2.14. The molecule has 27 heavy (non-hydrogen) atoms. The molecule has 1 fully saturated rings. The van der Waals surface area contributed by atoms with Gasteiger partial charge in [0.2, 0.25) is 0 Å². The minimum atomic E-state index is -0.393. The molecular formula is C20H23N5O2. The summed E-state index contributed by atoms with van der Waals surface area (Å²) in [5.41, 5.74) is 6.25. The van der Waals surface area contributed by atoms with Gasteiger partial charge in [-0.05, 0) is 56.3 Å². The van der Waals surface area contributed by atoms with Gasteiger partial charge in [-0.1, -0.05) is 12.5 Å². The molecule has 2 N–H and O–H groups in total. The monoisotopic (exact) mass is 365 g/mol. The Bertz CT molecular complexity index is 1070. The minimum Gasteiger partial charge on any atom is -0.399 e. The molecule has 0 radical (unpaired) electrons. The summed E-state index contributed by atoms with van der Waals surface area (Å²) in [4.78, 5) is 32.8. The fourth-order valence-corrected chi connectivity index (χ4v) is 3.72. The average Bonchev–Trinajstić information content (AvgIpc) is 2.70. The summed E-state index contributed by atoms with van der Waals surface area (Å²) in [7, 11) is 0. The van der Waals surface area contributed by atoms with E-state index >= 15 is 0 Å². The number of hydrogen-bond donors (Lipinski definition) is 1. The standard InChI is InChI=1S/C20H23N5O2/c21-15-7-8-17-16(14-15)19(26)25(18-6-2-3-9-22-18)20(27)24(17)13-12-23-10-4-1-5-11-23/h2-3,6-9,14H,1,4-5,10-13,21H2. The van der Waals surface area contributed by atoms with Crippen molar-refractivity contribution in [3.63, 3.8) is 0 Å². The van der Waals surface area contributed by atoms with Gasteiger partial charge in [-0.25, -0.2) is 14.3 Å². The molecule has 0 amide bonds. The third kappa shape index (κ3) is 3.38. The summed E-state index contributed by atoms with van der Waals surface area (Å²) in [6, 6.07) is 10.3. The van der Waals surface area contributed by atoms with Crippen molar-refractivity contribution in [2.45, 2.75) is 25.8 Å². The normalized spacial score (nSPS) is 15.3. The zero-order valence-electron chi connectivity index (χ0n) is 15.2. The SMILES string of the molecule is Nc1ccc2c(c1)c(=O)n(-c1ccccn1)c(=O)n2CCN1CCCCC1. The number of benzene rings is 1. The van der Waals surface area contributed by atoms with E-state index in [0.717, 1.165) is 24.2 Å². The van der Waals surface area contributed by atoms with Gasteiger partial charge in [0.25, 0.3) is 5.56 Å². The van der Waals surface area contributed by atoms with Crippen molar-refractivity contribution in [2.24, 2.45) is 0 Å². The molecule has 4 rings (SSSR count). The number of anilines is 1. The number of likely N-dealkylation sites (tertiary alicyclic amines) is 1. The van der Waals surface area contributed by atoms with Crippen molar-refractivity contribution >= 4 is 16.6 Å². The predicted octanol–water partition coefficient (Wildman–Crippen LogP) is 1.62. The van der Waals surface area contributed by atoms with Crippen LogP contribution < -0.4 is 17.0 Å². The van der Waals surface area contributed by atoms with Gasteiger partial charge in [0.05, 0.1) is 10.9 Å². The van der Waals surface area contributed by atoms with Crippen LogP contribution in [0.3, 0.4) is 0 Å². The van der Waals surface area contributed by atoms with Crippen LogP contribution in [0.15, 0.2) is 52.2 Å². The molecule has 1 aromatic carbocycles. The average molecular weight is 365 g/mol. The first-order valence-corrected chi connectivity index (χ1v) is 9.34. The Morgan fingerprint density at radius 3 is 2.56 bits per heavy atom. The van der Waals surface area contributed by atoms with Gasteiger partial charge in [0, 0.05) is 25.0 Å². The molecule has 2 aromatic heterocycles. The number of rotatable bonds is 4. The fraction of sp³-hybridized carbons (Fsp3) is 0.350. The molecule has 3 aromatic rings. The quantitative estimate of drug-likeness (QED) is 0.710. The van der Waals surface area contributed by atoms with Crippen LogP contribution in [0.2, 0.25) is 0 Å². The van der Waals surface area contributed by atoms with Crippen molar-refractivity contribution in [1.82, 2.24) is 19.0 Å². The van der Waals surface area contributed by atoms with Crippen LogP contribution in [0.4, 0.5) is 5.69 Å². The van der Waals surface area contributed by atoms with E-state index in [-0.39, 0.29) is 5.69 Å². The third-order valence-corrected chi connectivity index (χ3v) is 5.13. The third-order valence-electron chi connectivity index (χ3n) is 5.13. The molecule has 0 bridgehead atoms. The molecule has 0 aliphatic carbocycles. The van der Waals surface area contributed by atoms with Gasteiger partial charge in [-0.3, -0.25) is 9.36 Å². The summed E-state index contributed by atoms with van der Waals surface area (Å²) in [5, 5.41) is 0.430. The highest BCUT2D eigenvalue weighted by molar-refractivity contribution is 5.81. The summed E-state index contributed by atoms with van der Waals surface area (Å²) in [6.07, 6.45) is 5.23. The Morgan fingerprint density at radius 2 is 1.81 bits per heavy atom. The lowest BCUT2D eigenvalue weighted by atomic mass is 10.1. The second-order valence-corrected chi connectivity index (χ2v) is 6.94. The first kappa shape index (κ1) is 17.5. The number of nitrogens with zero attached hydrogens (tertiary/aromatic N) is 4. The van der Waals surface area contributed by atoms with Gasteiger partial charge in [-0.15, -0.1) is 0 Å². The molecule has 0 spiro atoms. The second kappa shape index (κ2) is 7.36. The predicted molar refractivity (Wildman–Crippen MR) is 106 cm³/mol. The van der Waals surface area contributed by atoms with Gasteiger partial charge < -0.3 is 10.6 Å². The van der Waals surface area contributed by atoms with E-state index < -0.39 is 5.56 Å². The summed E-state index contributed by atoms with van der Waals surface area (Å²) >= 11 is 0. The summed E-state index contributed by atoms with van der Waals surface area (Å²) in [5.74, 6) is 0.323. The van der Waals surface area contributed by atoms with Crippen LogP contribution in [0.5, 0.6) is 0 Å². The highest BCUT2D eigenvalue weighted by atomic mass is 16.2. The molecule has 1 aliphatic heterocycles. The van der Waals surface area contributed by atoms with E-state index in [0.29, 0.717) is 29.0 Å². The zero-order chi connectivity index (χ0) is 18.8. The van der Waals surface area contributed by atoms with E-state index in [9.17, 15) is 9.59 Å². The highest BCUT2D eigenvalue weighted by Gasteiger charge is 2.17. The Labute approximate surface area is 156 Å². The first-order chi connectivity index (χ1) is 13.1. The molecule has 1 aliphatic rings. The van der Waals surface area contributed by atoms with Gasteiger partial charge in [0.1, 0.15) is 5.82 Å². The number of nitrogen functional groups attached to an aromatic ring is 1. The van der Waals surface area contributed by atoms with Crippen LogP contribution in [-0.4, -0.2) is 38.7 Å². The summed E-state index contributed by atoms with van der Waals surface area (Å²) < 4.78 is 2.80. The lowest BCUT2D eigenvalue weighted by molar-refractivity contribution is 0.220. The minimum absolute atomic E-state index is 0.323. The first-order valence-electron chi connectivity index (χ1n) is 9.34. The Balaban J connectivity index is 1.86. The number of pyridine rings is 1. The summed E-state index contributed by atoms with van der Waals surface area (Å²) in [6.45, 7) is 3.41. The molecule has 3 heterocycles. The van der Waals surface area contributed by atoms with Crippen LogP contribution in [0.25, 0.3) is 16.7 Å². The largest absolute Gasteiger partial charge is 0.399 e. The van der Waals surface area contributed by atoms with E-state index in [4.69, 9.17) is 5.73 Å². The zero-order valence-corrected chi connectivity index (χ0v) is 15.2. The van der Waals surface area contributed by atoms with Crippen molar-refractivity contribution in [3.05, 3.63) is 63.4 Å². The van der Waals surface area contributed by atoms with Crippen molar-refractivity contribution < 1.29 is 0 Å². The van der Waals surface area contributed by atoms with Crippen LogP contribution >= 0.6 is 0 Å². The maximum atomic E-state index is 13.2. The molecule has 7 nitrogen and oxygen atoms in total. The molecule has 7 heteroatoms. The maximum Gasteiger partial charge on any atom is 0.337 e. The number of hydrogen-bond acceptors (Lipinski definition) is 5. The molecule has 0 saturated carbocycles. The Hall–Kier alpha value is -2.93. The lowest BCUT2D eigenvalue weighted by Crippen LogP contribution is -2.42. The van der Waals surface area contributed by atoms with E-state index in [1.54, 1.807) is 47.2 Å². The topological polar surface area (TPSA) is 86.1 Å². The van der Waals surface area contributed by atoms with Gasteiger partial charge >= 0.3 is 5.69 Å². The molecule has 140 valence electrons. The molecular weight excluding hydrogens is 342 g/mol. The van der Waals surface area contributed by atoms with Crippen LogP contribution in [-0.2, 0) is 6.54 Å². The van der Waals surface area contributed by atoms with Crippen LogP contribution in [0, 0.1) is 0 Å². The van der Waals surface area contributed by atoms with Gasteiger partial charge in [-0.2, -0.15) is 0 Å². The maximum absolute atomic E-state index is 13.2. The molecule has 1 saturated heterocycles. The molecule has 0 unspecified atom stereocenters. The smallest absolute Gasteiger partial charge is 0.337 e. The van der Waals surface area contributed by atoms with Crippen molar-refractivity contribution in [2.75, 3.05) is 25.4 Å². The van der Waals surface area contributed by atoms with E-state index in [2.05, 4.69) is 9.88 Å². The molecule has 0 atom stereocenters. The fourth-order valence-electron chi connectivity index (χ4n) is 3.72. The number of nitrogens with two attached hydrogens (primary N) is 1. The van der Waals surface area contributed by atoms with Gasteiger partial charge in [0.15, 0.2) is 0 Å². The van der Waals surface area contributed by atoms with Crippen molar-refractivity contribution in [1.29, 1.82) is 0 Å². The van der Waals surface area contributed by atoms with Crippen LogP contribution in [0.1, 0.15) is 19.3 Å². The Kier molecular flexibility index (Phi) is 4.77.